The standard InChI is InChI=1S/C13H12ClFN2O4/c14-9-2-1-3-10(15)8(9)4-5-12(19)17(6-11(16)18)7-13(20)21/h1-5H,6-7H2,(H2,16,18)(H,20,21)/b5-4+. The van der Waals surface area contributed by atoms with E-state index in [0.717, 1.165) is 23.1 Å². The van der Waals surface area contributed by atoms with Crippen molar-refractivity contribution in [3.63, 3.8) is 0 Å². The first-order valence-electron chi connectivity index (χ1n) is 5.72. The highest BCUT2D eigenvalue weighted by atomic mass is 35.5. The van der Waals surface area contributed by atoms with Gasteiger partial charge in [-0.25, -0.2) is 4.39 Å². The van der Waals surface area contributed by atoms with E-state index in [9.17, 15) is 18.8 Å². The predicted molar refractivity (Wildman–Crippen MR) is 73.9 cm³/mol. The number of aliphatic carboxylic acids is 1. The summed E-state index contributed by atoms with van der Waals surface area (Å²) >= 11 is 5.78. The van der Waals surface area contributed by atoms with E-state index in [-0.39, 0.29) is 10.6 Å². The number of hydrogen-bond acceptors (Lipinski definition) is 3. The lowest BCUT2D eigenvalue weighted by Crippen LogP contribution is -2.40. The van der Waals surface area contributed by atoms with Crippen LogP contribution in [0.25, 0.3) is 6.08 Å². The van der Waals surface area contributed by atoms with Crippen LogP contribution in [-0.2, 0) is 14.4 Å². The summed E-state index contributed by atoms with van der Waals surface area (Å²) in [6.45, 7) is -1.25. The minimum atomic E-state index is -1.30. The lowest BCUT2D eigenvalue weighted by molar-refractivity contribution is -0.143. The molecule has 0 radical (unpaired) electrons. The van der Waals surface area contributed by atoms with Gasteiger partial charge in [0.2, 0.25) is 11.8 Å². The second kappa shape index (κ2) is 7.39. The minimum absolute atomic E-state index is 0.0122. The molecule has 2 amide bonds. The van der Waals surface area contributed by atoms with Crippen LogP contribution in [0.3, 0.4) is 0 Å². The van der Waals surface area contributed by atoms with E-state index in [4.69, 9.17) is 22.4 Å². The van der Waals surface area contributed by atoms with Crippen LogP contribution in [0.15, 0.2) is 24.3 Å². The smallest absolute Gasteiger partial charge is 0.323 e. The van der Waals surface area contributed by atoms with Crippen molar-refractivity contribution in [1.29, 1.82) is 0 Å². The van der Waals surface area contributed by atoms with Gasteiger partial charge >= 0.3 is 5.97 Å². The van der Waals surface area contributed by atoms with Gasteiger partial charge in [0.25, 0.3) is 0 Å². The van der Waals surface area contributed by atoms with Crippen LogP contribution in [0, 0.1) is 5.82 Å². The Bertz CT molecular complexity index is 568. The largest absolute Gasteiger partial charge is 0.480 e. The van der Waals surface area contributed by atoms with Gasteiger partial charge in [-0.05, 0) is 18.2 Å². The molecule has 0 fully saturated rings. The molecular weight excluding hydrogens is 303 g/mol. The summed E-state index contributed by atoms with van der Waals surface area (Å²) in [6.07, 6.45) is 2.03. The zero-order valence-corrected chi connectivity index (χ0v) is 11.5. The van der Waals surface area contributed by atoms with E-state index in [1.165, 1.54) is 12.1 Å². The molecule has 0 saturated heterocycles. The van der Waals surface area contributed by atoms with E-state index in [2.05, 4.69) is 0 Å². The van der Waals surface area contributed by atoms with Gasteiger partial charge in [-0.15, -0.1) is 0 Å². The highest BCUT2D eigenvalue weighted by Crippen LogP contribution is 2.20. The number of halogens is 2. The molecule has 0 aliphatic heterocycles. The molecule has 3 N–H and O–H groups in total. The molecule has 0 aliphatic carbocycles. The number of carbonyl (C=O) groups is 3. The first kappa shape index (κ1) is 16.6. The Kier molecular flexibility index (Phi) is 5.86. The zero-order chi connectivity index (χ0) is 16.0. The fourth-order valence-corrected chi connectivity index (χ4v) is 1.72. The van der Waals surface area contributed by atoms with Gasteiger partial charge in [0.1, 0.15) is 18.9 Å². The van der Waals surface area contributed by atoms with Crippen LogP contribution in [0.1, 0.15) is 5.56 Å². The Labute approximate surface area is 124 Å². The molecule has 112 valence electrons. The van der Waals surface area contributed by atoms with Gasteiger partial charge in [0, 0.05) is 11.6 Å². The van der Waals surface area contributed by atoms with Crippen molar-refractivity contribution < 1.29 is 23.9 Å². The molecule has 0 spiro atoms. The summed E-state index contributed by atoms with van der Waals surface area (Å²) in [5.74, 6) is -3.59. The molecule has 0 unspecified atom stereocenters. The van der Waals surface area contributed by atoms with Crippen LogP contribution < -0.4 is 5.73 Å². The fraction of sp³-hybridized carbons (Fsp3) is 0.154. The second-order valence-corrected chi connectivity index (χ2v) is 4.43. The maximum atomic E-state index is 13.5. The van der Waals surface area contributed by atoms with Gasteiger partial charge < -0.3 is 15.7 Å². The van der Waals surface area contributed by atoms with Gasteiger partial charge in [0.05, 0.1) is 5.02 Å². The number of primary amides is 1. The van der Waals surface area contributed by atoms with Crippen LogP contribution in [-0.4, -0.2) is 40.9 Å². The Hall–Kier alpha value is -2.41. The lowest BCUT2D eigenvalue weighted by Gasteiger charge is -2.16. The quantitative estimate of drug-likeness (QED) is 0.761. The van der Waals surface area contributed by atoms with E-state index in [1.807, 2.05) is 0 Å². The molecule has 0 heterocycles. The number of hydrogen-bond donors (Lipinski definition) is 2. The molecule has 1 aromatic carbocycles. The summed E-state index contributed by atoms with van der Waals surface area (Å²) in [4.78, 5) is 34.0. The first-order valence-corrected chi connectivity index (χ1v) is 6.10. The molecule has 0 aromatic heterocycles. The number of carboxylic acid groups (broad SMARTS) is 1. The maximum Gasteiger partial charge on any atom is 0.323 e. The minimum Gasteiger partial charge on any atom is -0.480 e. The number of nitrogens with zero attached hydrogens (tertiary/aromatic N) is 1. The van der Waals surface area contributed by atoms with Gasteiger partial charge in [0.15, 0.2) is 0 Å². The van der Waals surface area contributed by atoms with E-state index in [1.54, 1.807) is 0 Å². The van der Waals surface area contributed by atoms with Crippen molar-refractivity contribution in [2.45, 2.75) is 0 Å². The van der Waals surface area contributed by atoms with Crippen molar-refractivity contribution in [2.24, 2.45) is 5.73 Å². The first-order chi connectivity index (χ1) is 9.81. The number of amides is 2. The molecule has 8 heteroatoms. The molecule has 21 heavy (non-hydrogen) atoms. The summed E-state index contributed by atoms with van der Waals surface area (Å²) in [7, 11) is 0. The highest BCUT2D eigenvalue weighted by Gasteiger charge is 2.16. The van der Waals surface area contributed by atoms with Crippen LogP contribution >= 0.6 is 11.6 Å². The summed E-state index contributed by atoms with van der Waals surface area (Å²) in [6, 6.07) is 4.00. The molecule has 1 rings (SSSR count). The van der Waals surface area contributed by atoms with Crippen LogP contribution in [0.2, 0.25) is 5.02 Å². The fourth-order valence-electron chi connectivity index (χ4n) is 1.49. The zero-order valence-electron chi connectivity index (χ0n) is 10.8. The molecule has 6 nitrogen and oxygen atoms in total. The average molecular weight is 315 g/mol. The van der Waals surface area contributed by atoms with Crippen LogP contribution in [0.5, 0.6) is 0 Å². The lowest BCUT2D eigenvalue weighted by atomic mass is 10.2. The topological polar surface area (TPSA) is 101 Å². The van der Waals surface area contributed by atoms with Gasteiger partial charge in [-0.2, -0.15) is 0 Å². The van der Waals surface area contributed by atoms with Gasteiger partial charge in [-0.3, -0.25) is 14.4 Å². The summed E-state index contributed by atoms with van der Waals surface area (Å²) < 4.78 is 13.5. The van der Waals surface area contributed by atoms with E-state index < -0.39 is 36.7 Å². The Morgan fingerprint density at radius 1 is 1.33 bits per heavy atom. The predicted octanol–water partition coefficient (Wildman–Crippen LogP) is 0.891. The van der Waals surface area contributed by atoms with Gasteiger partial charge in [-0.1, -0.05) is 17.7 Å². The number of nitrogens with two attached hydrogens (primary N) is 1. The second-order valence-electron chi connectivity index (χ2n) is 4.02. The highest BCUT2D eigenvalue weighted by molar-refractivity contribution is 6.32. The van der Waals surface area contributed by atoms with Crippen molar-refractivity contribution >= 4 is 35.5 Å². The van der Waals surface area contributed by atoms with Crippen molar-refractivity contribution in [3.05, 3.63) is 40.7 Å². The Morgan fingerprint density at radius 3 is 2.52 bits per heavy atom. The van der Waals surface area contributed by atoms with Crippen molar-refractivity contribution in [2.75, 3.05) is 13.1 Å². The van der Waals surface area contributed by atoms with E-state index >= 15 is 0 Å². The van der Waals surface area contributed by atoms with Crippen molar-refractivity contribution in [1.82, 2.24) is 4.90 Å². The number of benzene rings is 1. The van der Waals surface area contributed by atoms with Crippen LogP contribution in [0.4, 0.5) is 4.39 Å². The summed E-state index contributed by atoms with van der Waals surface area (Å²) in [5, 5.41) is 8.76. The number of carbonyl (C=O) groups excluding carboxylic acids is 2. The maximum absolute atomic E-state index is 13.5. The third kappa shape index (κ3) is 5.23. The van der Waals surface area contributed by atoms with Crippen molar-refractivity contribution in [3.8, 4) is 0 Å². The van der Waals surface area contributed by atoms with E-state index in [0.29, 0.717) is 0 Å². The Morgan fingerprint density at radius 2 is 2.00 bits per heavy atom. The molecule has 0 saturated carbocycles. The molecule has 0 bridgehead atoms. The summed E-state index contributed by atoms with van der Waals surface area (Å²) in [5.41, 5.74) is 4.92. The average Bonchev–Trinajstić information content (AvgIpc) is 2.36. The molecule has 1 aromatic rings. The monoisotopic (exact) mass is 314 g/mol. The molecule has 0 atom stereocenters. The normalized spacial score (nSPS) is 10.6. The number of rotatable bonds is 6. The Balaban J connectivity index is 2.92. The molecular formula is C13H12ClFN2O4. The third-order valence-corrected chi connectivity index (χ3v) is 2.71. The number of carboxylic acids is 1. The molecule has 0 aliphatic rings. The SMILES string of the molecule is NC(=O)CN(CC(=O)O)C(=O)/C=C/c1c(F)cccc1Cl. The third-order valence-electron chi connectivity index (χ3n) is 2.38.